The van der Waals surface area contributed by atoms with Gasteiger partial charge >= 0.3 is 5.97 Å². The van der Waals surface area contributed by atoms with Gasteiger partial charge in [-0.15, -0.1) is 0 Å². The Hall–Kier alpha value is -2.01. The van der Waals surface area contributed by atoms with Gasteiger partial charge in [0, 0.05) is 19.5 Å². The van der Waals surface area contributed by atoms with Crippen LogP contribution in [-0.4, -0.2) is 37.1 Å². The van der Waals surface area contributed by atoms with Crippen molar-refractivity contribution in [3.05, 3.63) is 35.7 Å². The van der Waals surface area contributed by atoms with Crippen molar-refractivity contribution >= 4 is 17.8 Å². The fraction of sp³-hybridized carbons (Fsp3) is 0.308. The third-order valence-electron chi connectivity index (χ3n) is 2.12. The average molecular weight is 249 g/mol. The Morgan fingerprint density at radius 2 is 2.17 bits per heavy atom. The van der Waals surface area contributed by atoms with Gasteiger partial charge < -0.3 is 9.47 Å². The number of carbonyl (C=O) groups is 2. The lowest BCUT2D eigenvalue weighted by Gasteiger charge is -2.05. The SMILES string of the molecule is COCCOC(=O)C(=Cc1cccnc1)C(C)=O. The van der Waals surface area contributed by atoms with Gasteiger partial charge in [-0.05, 0) is 24.6 Å². The van der Waals surface area contributed by atoms with Crippen molar-refractivity contribution in [3.63, 3.8) is 0 Å². The number of carbonyl (C=O) groups excluding carboxylic acids is 2. The van der Waals surface area contributed by atoms with Crippen molar-refractivity contribution in [2.75, 3.05) is 20.3 Å². The molecule has 0 atom stereocenters. The molecule has 1 heterocycles. The summed E-state index contributed by atoms with van der Waals surface area (Å²) < 4.78 is 9.66. The van der Waals surface area contributed by atoms with Gasteiger partial charge in [0.05, 0.1) is 6.61 Å². The van der Waals surface area contributed by atoms with Crippen LogP contribution < -0.4 is 0 Å². The number of aromatic nitrogens is 1. The van der Waals surface area contributed by atoms with E-state index in [9.17, 15) is 9.59 Å². The minimum atomic E-state index is -0.650. The number of ether oxygens (including phenoxy) is 2. The minimum Gasteiger partial charge on any atom is -0.460 e. The Balaban J connectivity index is 2.80. The number of ketones is 1. The van der Waals surface area contributed by atoms with Gasteiger partial charge in [-0.25, -0.2) is 4.79 Å². The zero-order valence-electron chi connectivity index (χ0n) is 10.4. The summed E-state index contributed by atoms with van der Waals surface area (Å²) in [7, 11) is 1.51. The summed E-state index contributed by atoms with van der Waals surface area (Å²) >= 11 is 0. The molecule has 0 aliphatic heterocycles. The van der Waals surface area contributed by atoms with E-state index in [4.69, 9.17) is 9.47 Å². The van der Waals surface area contributed by atoms with E-state index in [2.05, 4.69) is 4.98 Å². The van der Waals surface area contributed by atoms with Crippen LogP contribution in [0.25, 0.3) is 6.08 Å². The molecule has 5 nitrogen and oxygen atoms in total. The number of hydrogen-bond donors (Lipinski definition) is 0. The highest BCUT2D eigenvalue weighted by Gasteiger charge is 2.15. The molecule has 0 amide bonds. The van der Waals surface area contributed by atoms with Crippen molar-refractivity contribution in [1.29, 1.82) is 0 Å². The van der Waals surface area contributed by atoms with Gasteiger partial charge in [0.15, 0.2) is 5.78 Å². The van der Waals surface area contributed by atoms with Crippen molar-refractivity contribution in [1.82, 2.24) is 4.98 Å². The maximum atomic E-state index is 11.7. The van der Waals surface area contributed by atoms with Crippen molar-refractivity contribution in [3.8, 4) is 0 Å². The molecule has 0 fully saturated rings. The number of Topliss-reactive ketones (excluding diaryl/α,β-unsaturated/α-hetero) is 1. The van der Waals surface area contributed by atoms with Crippen LogP contribution in [0.3, 0.4) is 0 Å². The van der Waals surface area contributed by atoms with E-state index in [1.807, 2.05) is 0 Å². The summed E-state index contributed by atoms with van der Waals surface area (Å²) in [5.41, 5.74) is 0.672. The summed E-state index contributed by atoms with van der Waals surface area (Å²) in [6.45, 7) is 1.73. The summed E-state index contributed by atoms with van der Waals surface area (Å²) in [5, 5.41) is 0. The van der Waals surface area contributed by atoms with Crippen molar-refractivity contribution in [2.45, 2.75) is 6.92 Å². The van der Waals surface area contributed by atoms with Crippen LogP contribution in [0.2, 0.25) is 0 Å². The number of esters is 1. The van der Waals surface area contributed by atoms with Crippen LogP contribution in [-0.2, 0) is 19.1 Å². The Labute approximate surface area is 105 Å². The highest BCUT2D eigenvalue weighted by atomic mass is 16.6. The highest BCUT2D eigenvalue weighted by Crippen LogP contribution is 2.08. The lowest BCUT2D eigenvalue weighted by molar-refractivity contribution is -0.141. The Morgan fingerprint density at radius 1 is 1.39 bits per heavy atom. The molecule has 1 aromatic rings. The molecule has 5 heteroatoms. The molecule has 0 spiro atoms. The standard InChI is InChI=1S/C13H15NO4/c1-10(15)12(13(16)18-7-6-17-2)8-11-4-3-5-14-9-11/h3-5,8-9H,6-7H2,1-2H3. The number of rotatable bonds is 6. The second-order valence-corrected chi connectivity index (χ2v) is 3.53. The van der Waals surface area contributed by atoms with Crippen LogP contribution >= 0.6 is 0 Å². The van der Waals surface area contributed by atoms with E-state index in [0.717, 1.165) is 0 Å². The van der Waals surface area contributed by atoms with Crippen LogP contribution in [0.1, 0.15) is 12.5 Å². The summed E-state index contributed by atoms with van der Waals surface area (Å²) in [6, 6.07) is 3.47. The van der Waals surface area contributed by atoms with Gasteiger partial charge in [0.1, 0.15) is 12.2 Å². The first-order valence-corrected chi connectivity index (χ1v) is 5.44. The smallest absolute Gasteiger partial charge is 0.341 e. The zero-order chi connectivity index (χ0) is 13.4. The van der Waals surface area contributed by atoms with Gasteiger partial charge in [0.25, 0.3) is 0 Å². The van der Waals surface area contributed by atoms with E-state index in [0.29, 0.717) is 12.2 Å². The first-order valence-electron chi connectivity index (χ1n) is 5.44. The average Bonchev–Trinajstić information content (AvgIpc) is 2.37. The summed E-state index contributed by atoms with van der Waals surface area (Å²) in [5.74, 6) is -0.996. The van der Waals surface area contributed by atoms with E-state index >= 15 is 0 Å². The maximum absolute atomic E-state index is 11.7. The van der Waals surface area contributed by atoms with E-state index in [1.165, 1.54) is 20.1 Å². The molecule has 0 bridgehead atoms. The van der Waals surface area contributed by atoms with Crippen LogP contribution in [0, 0.1) is 0 Å². The molecule has 1 rings (SSSR count). The second-order valence-electron chi connectivity index (χ2n) is 3.53. The maximum Gasteiger partial charge on any atom is 0.341 e. The molecule has 0 aromatic carbocycles. The minimum absolute atomic E-state index is 0.000830. The molecule has 0 unspecified atom stereocenters. The number of nitrogens with zero attached hydrogens (tertiary/aromatic N) is 1. The zero-order valence-corrected chi connectivity index (χ0v) is 10.4. The topological polar surface area (TPSA) is 65.5 Å². The summed E-state index contributed by atoms with van der Waals surface area (Å²) in [4.78, 5) is 27.0. The monoisotopic (exact) mass is 249 g/mol. The van der Waals surface area contributed by atoms with E-state index in [1.54, 1.807) is 24.5 Å². The lowest BCUT2D eigenvalue weighted by atomic mass is 10.1. The molecule has 0 radical (unpaired) electrons. The molecule has 0 saturated heterocycles. The van der Waals surface area contributed by atoms with Crippen LogP contribution in [0.5, 0.6) is 0 Å². The largest absolute Gasteiger partial charge is 0.460 e. The quantitative estimate of drug-likeness (QED) is 0.249. The third kappa shape index (κ3) is 4.47. The Kier molecular flexibility index (Phi) is 5.73. The number of hydrogen-bond acceptors (Lipinski definition) is 5. The van der Waals surface area contributed by atoms with Gasteiger partial charge in [-0.1, -0.05) is 6.07 Å². The van der Waals surface area contributed by atoms with E-state index < -0.39 is 5.97 Å². The fourth-order valence-corrected chi connectivity index (χ4v) is 1.23. The second kappa shape index (κ2) is 7.34. The van der Waals surface area contributed by atoms with Gasteiger partial charge in [0.2, 0.25) is 0 Å². The number of pyridine rings is 1. The predicted octanol–water partition coefficient (Wildman–Crippen LogP) is 1.24. The molecule has 0 saturated carbocycles. The lowest BCUT2D eigenvalue weighted by Crippen LogP contribution is -2.16. The fourth-order valence-electron chi connectivity index (χ4n) is 1.23. The van der Waals surface area contributed by atoms with Crippen LogP contribution in [0.4, 0.5) is 0 Å². The van der Waals surface area contributed by atoms with Crippen molar-refractivity contribution < 1.29 is 19.1 Å². The molecule has 96 valence electrons. The Bertz CT molecular complexity index is 440. The van der Waals surface area contributed by atoms with Crippen LogP contribution in [0.15, 0.2) is 30.1 Å². The highest BCUT2D eigenvalue weighted by molar-refractivity contribution is 6.19. The molecule has 0 N–H and O–H groups in total. The van der Waals surface area contributed by atoms with Crippen molar-refractivity contribution in [2.24, 2.45) is 0 Å². The molecule has 1 aromatic heterocycles. The Morgan fingerprint density at radius 3 is 2.72 bits per heavy atom. The molecule has 0 aliphatic rings. The molecule has 18 heavy (non-hydrogen) atoms. The molecular weight excluding hydrogens is 234 g/mol. The molecule has 0 aliphatic carbocycles. The molecular formula is C13H15NO4. The predicted molar refractivity (Wildman–Crippen MR) is 65.7 cm³/mol. The first kappa shape index (κ1) is 14.1. The number of methoxy groups -OCH3 is 1. The summed E-state index contributed by atoms with van der Waals surface area (Å²) in [6.07, 6.45) is 4.64. The normalized spacial score (nSPS) is 11.1. The third-order valence-corrected chi connectivity index (χ3v) is 2.12. The van der Waals surface area contributed by atoms with E-state index in [-0.39, 0.29) is 18.0 Å². The van der Waals surface area contributed by atoms with Gasteiger partial charge in [-0.3, -0.25) is 9.78 Å². The first-order chi connectivity index (χ1) is 8.65. The van der Waals surface area contributed by atoms with Gasteiger partial charge in [-0.2, -0.15) is 0 Å².